The minimum atomic E-state index is -0.202. The average Bonchev–Trinajstić information content (AvgIpc) is 3.01. The first-order valence-electron chi connectivity index (χ1n) is 8.38. The minimum Gasteiger partial charge on any atom is -0.496 e. The third kappa shape index (κ3) is 4.43. The summed E-state index contributed by atoms with van der Waals surface area (Å²) < 4.78 is 12.4. The molecule has 1 aromatic heterocycles. The summed E-state index contributed by atoms with van der Waals surface area (Å²) in [6.45, 7) is 4.47. The van der Waals surface area contributed by atoms with E-state index in [1.54, 1.807) is 23.3 Å². The number of amides is 1. The van der Waals surface area contributed by atoms with E-state index < -0.39 is 0 Å². The zero-order chi connectivity index (χ0) is 17.8. The number of halogens is 1. The lowest BCUT2D eigenvalue weighted by atomic mass is 10.1. The Balaban J connectivity index is 1.54. The van der Waals surface area contributed by atoms with Gasteiger partial charge in [0.05, 0.1) is 28.4 Å². The van der Waals surface area contributed by atoms with Crippen LogP contribution in [0.4, 0.5) is 4.79 Å². The second kappa shape index (κ2) is 8.33. The first-order valence-corrected chi connectivity index (χ1v) is 9.99. The standard InChI is InChI=1S/C17H22BrN3O3S/c1-3-24-17(22)21-6-4-11(5-7-21)19-10-16-20-13-8-12(18)14(23-2)9-15(13)25-16/h8-9,11,19H,3-7,10H2,1-2H3. The van der Waals surface area contributed by atoms with Crippen molar-refractivity contribution in [2.24, 2.45) is 0 Å². The molecule has 0 spiro atoms. The normalized spacial score (nSPS) is 15.6. The molecule has 0 saturated carbocycles. The maximum absolute atomic E-state index is 11.7. The number of carbonyl (C=O) groups is 1. The molecule has 0 aliphatic carbocycles. The summed E-state index contributed by atoms with van der Waals surface area (Å²) in [6, 6.07) is 4.41. The number of ether oxygens (including phenoxy) is 2. The van der Waals surface area contributed by atoms with Crippen LogP contribution in [0, 0.1) is 0 Å². The van der Waals surface area contributed by atoms with Crippen LogP contribution >= 0.6 is 27.3 Å². The van der Waals surface area contributed by atoms with Crippen LogP contribution in [0.2, 0.25) is 0 Å². The average molecular weight is 428 g/mol. The molecule has 0 unspecified atom stereocenters. The predicted molar refractivity (Wildman–Crippen MR) is 102 cm³/mol. The van der Waals surface area contributed by atoms with E-state index in [1.165, 1.54) is 0 Å². The largest absolute Gasteiger partial charge is 0.496 e. The van der Waals surface area contributed by atoms with Crippen molar-refractivity contribution in [1.82, 2.24) is 15.2 Å². The summed E-state index contributed by atoms with van der Waals surface area (Å²) in [5, 5.41) is 4.62. The molecule has 0 radical (unpaired) electrons. The van der Waals surface area contributed by atoms with Crippen molar-refractivity contribution in [2.45, 2.75) is 32.4 Å². The molecule has 1 aliphatic heterocycles. The highest BCUT2D eigenvalue weighted by molar-refractivity contribution is 9.10. The first-order chi connectivity index (χ1) is 12.1. The molecule has 1 N–H and O–H groups in total. The van der Waals surface area contributed by atoms with Crippen LogP contribution in [-0.4, -0.2) is 48.8 Å². The third-order valence-electron chi connectivity index (χ3n) is 4.27. The zero-order valence-corrected chi connectivity index (χ0v) is 16.8. The number of nitrogens with one attached hydrogen (secondary N) is 1. The molecule has 2 heterocycles. The first kappa shape index (κ1) is 18.4. The number of fused-ring (bicyclic) bond motifs is 1. The minimum absolute atomic E-state index is 0.202. The van der Waals surface area contributed by atoms with Crippen LogP contribution in [-0.2, 0) is 11.3 Å². The molecule has 3 rings (SSSR count). The van der Waals surface area contributed by atoms with Gasteiger partial charge in [-0.2, -0.15) is 0 Å². The quantitative estimate of drug-likeness (QED) is 0.786. The lowest BCUT2D eigenvalue weighted by Crippen LogP contribution is -2.44. The summed E-state index contributed by atoms with van der Waals surface area (Å²) in [7, 11) is 1.66. The molecular formula is C17H22BrN3O3S. The van der Waals surface area contributed by atoms with Gasteiger partial charge in [0.2, 0.25) is 0 Å². The molecule has 2 aromatic rings. The van der Waals surface area contributed by atoms with Gasteiger partial charge in [-0.15, -0.1) is 11.3 Å². The monoisotopic (exact) mass is 427 g/mol. The van der Waals surface area contributed by atoms with E-state index in [9.17, 15) is 4.79 Å². The number of hydrogen-bond acceptors (Lipinski definition) is 6. The Morgan fingerprint density at radius 3 is 2.88 bits per heavy atom. The number of piperidine rings is 1. The maximum Gasteiger partial charge on any atom is 0.409 e. The molecule has 0 bridgehead atoms. The van der Waals surface area contributed by atoms with E-state index in [0.717, 1.165) is 57.9 Å². The smallest absolute Gasteiger partial charge is 0.409 e. The third-order valence-corrected chi connectivity index (χ3v) is 5.91. The highest BCUT2D eigenvalue weighted by Gasteiger charge is 2.23. The van der Waals surface area contributed by atoms with Gasteiger partial charge < -0.3 is 19.7 Å². The van der Waals surface area contributed by atoms with Crippen molar-refractivity contribution in [3.63, 3.8) is 0 Å². The van der Waals surface area contributed by atoms with Gasteiger partial charge in [0.25, 0.3) is 0 Å². The molecule has 25 heavy (non-hydrogen) atoms. The second-order valence-corrected chi connectivity index (χ2v) is 7.87. The van der Waals surface area contributed by atoms with Gasteiger partial charge in [-0.05, 0) is 41.8 Å². The van der Waals surface area contributed by atoms with E-state index >= 15 is 0 Å². The summed E-state index contributed by atoms with van der Waals surface area (Å²) in [4.78, 5) is 18.2. The summed E-state index contributed by atoms with van der Waals surface area (Å²) in [5.74, 6) is 0.821. The van der Waals surface area contributed by atoms with E-state index in [2.05, 4.69) is 26.2 Å². The fraction of sp³-hybridized carbons (Fsp3) is 0.529. The Kier molecular flexibility index (Phi) is 6.14. The van der Waals surface area contributed by atoms with Crippen molar-refractivity contribution < 1.29 is 14.3 Å². The van der Waals surface area contributed by atoms with Crippen LogP contribution in [0.5, 0.6) is 5.75 Å². The number of methoxy groups -OCH3 is 1. The van der Waals surface area contributed by atoms with Crippen LogP contribution < -0.4 is 10.1 Å². The molecule has 1 fully saturated rings. The van der Waals surface area contributed by atoms with Gasteiger partial charge in [0.1, 0.15) is 10.8 Å². The van der Waals surface area contributed by atoms with Gasteiger partial charge >= 0.3 is 6.09 Å². The highest BCUT2D eigenvalue weighted by Crippen LogP contribution is 2.33. The Morgan fingerprint density at radius 1 is 1.44 bits per heavy atom. The fourth-order valence-electron chi connectivity index (χ4n) is 2.92. The van der Waals surface area contributed by atoms with E-state index in [4.69, 9.17) is 9.47 Å². The van der Waals surface area contributed by atoms with Gasteiger partial charge in [-0.25, -0.2) is 9.78 Å². The Labute approximate surface area is 159 Å². The SMILES string of the molecule is CCOC(=O)N1CCC(NCc2nc3cc(Br)c(OC)cc3s2)CC1. The van der Waals surface area contributed by atoms with Crippen LogP contribution in [0.3, 0.4) is 0 Å². The summed E-state index contributed by atoms with van der Waals surface area (Å²) in [6.07, 6.45) is 1.67. The zero-order valence-electron chi connectivity index (χ0n) is 14.4. The van der Waals surface area contributed by atoms with Gasteiger partial charge in [-0.3, -0.25) is 0 Å². The number of thiazole rings is 1. The fourth-order valence-corrected chi connectivity index (χ4v) is 4.34. The van der Waals surface area contributed by atoms with E-state index in [-0.39, 0.29) is 6.09 Å². The topological polar surface area (TPSA) is 63.7 Å². The van der Waals surface area contributed by atoms with Crippen molar-refractivity contribution in [3.8, 4) is 5.75 Å². The van der Waals surface area contributed by atoms with Crippen molar-refractivity contribution in [1.29, 1.82) is 0 Å². The number of likely N-dealkylation sites (tertiary alicyclic amines) is 1. The molecule has 1 saturated heterocycles. The number of benzene rings is 1. The van der Waals surface area contributed by atoms with Gasteiger partial charge in [0, 0.05) is 31.7 Å². The van der Waals surface area contributed by atoms with Crippen molar-refractivity contribution in [3.05, 3.63) is 21.6 Å². The second-order valence-electron chi connectivity index (χ2n) is 5.90. The van der Waals surface area contributed by atoms with E-state index in [1.807, 2.05) is 19.1 Å². The van der Waals surface area contributed by atoms with Crippen LogP contribution in [0.1, 0.15) is 24.8 Å². The molecular weight excluding hydrogens is 406 g/mol. The number of rotatable bonds is 5. The summed E-state index contributed by atoms with van der Waals surface area (Å²) >= 11 is 5.18. The molecule has 1 amide bonds. The molecule has 6 nitrogen and oxygen atoms in total. The molecule has 1 aliphatic rings. The lowest BCUT2D eigenvalue weighted by Gasteiger charge is -2.31. The number of nitrogens with zero attached hydrogens (tertiary/aromatic N) is 2. The van der Waals surface area contributed by atoms with Gasteiger partial charge in [0.15, 0.2) is 0 Å². The van der Waals surface area contributed by atoms with Crippen LogP contribution in [0.15, 0.2) is 16.6 Å². The van der Waals surface area contributed by atoms with Crippen LogP contribution in [0.25, 0.3) is 10.2 Å². The molecule has 1 aromatic carbocycles. The van der Waals surface area contributed by atoms with Crippen molar-refractivity contribution in [2.75, 3.05) is 26.8 Å². The highest BCUT2D eigenvalue weighted by atomic mass is 79.9. The van der Waals surface area contributed by atoms with Crippen molar-refractivity contribution >= 4 is 43.6 Å². The molecule has 136 valence electrons. The Bertz CT molecular complexity index is 744. The summed E-state index contributed by atoms with van der Waals surface area (Å²) in [5.41, 5.74) is 0.978. The molecule has 0 atom stereocenters. The Hall–Kier alpha value is -1.38. The molecule has 8 heteroatoms. The lowest BCUT2D eigenvalue weighted by molar-refractivity contribution is 0.0950. The number of hydrogen-bond donors (Lipinski definition) is 1. The van der Waals surface area contributed by atoms with E-state index in [0.29, 0.717) is 12.6 Å². The maximum atomic E-state index is 11.7. The van der Waals surface area contributed by atoms with Gasteiger partial charge in [-0.1, -0.05) is 0 Å². The predicted octanol–water partition coefficient (Wildman–Crippen LogP) is 3.78. The Morgan fingerprint density at radius 2 is 2.20 bits per heavy atom. The number of carbonyl (C=O) groups excluding carboxylic acids is 1. The number of aromatic nitrogens is 1.